The molecule has 0 saturated carbocycles. The van der Waals surface area contributed by atoms with Gasteiger partial charge in [-0.15, -0.1) is 0 Å². The second-order valence-electron chi connectivity index (χ2n) is 6.06. The zero-order chi connectivity index (χ0) is 20.3. The Hall–Kier alpha value is -3.48. The van der Waals surface area contributed by atoms with E-state index in [0.717, 1.165) is 0 Å². The van der Waals surface area contributed by atoms with Crippen LogP contribution in [0.1, 0.15) is 24.1 Å². The van der Waals surface area contributed by atoms with Gasteiger partial charge in [-0.25, -0.2) is 0 Å². The zero-order valence-corrected chi connectivity index (χ0v) is 15.8. The highest BCUT2D eigenvalue weighted by molar-refractivity contribution is 6.46. The first-order valence-corrected chi connectivity index (χ1v) is 8.73. The van der Waals surface area contributed by atoms with Gasteiger partial charge in [-0.2, -0.15) is 0 Å². The predicted octanol–water partition coefficient (Wildman–Crippen LogP) is 2.81. The number of benzene rings is 2. The summed E-state index contributed by atoms with van der Waals surface area (Å²) in [5.41, 5.74) is 0.865. The van der Waals surface area contributed by atoms with Crippen LogP contribution in [-0.2, 0) is 9.59 Å². The van der Waals surface area contributed by atoms with Gasteiger partial charge in [0.05, 0.1) is 32.4 Å². The minimum atomic E-state index is -0.864. The Bertz CT molecular complexity index is 932. The maximum Gasteiger partial charge on any atom is 0.293 e. The maximum absolute atomic E-state index is 12.5. The summed E-state index contributed by atoms with van der Waals surface area (Å²) < 4.78 is 16.0. The van der Waals surface area contributed by atoms with Gasteiger partial charge in [0.25, 0.3) is 11.7 Å². The summed E-state index contributed by atoms with van der Waals surface area (Å²) >= 11 is 0. The molecule has 1 aliphatic rings. The molecule has 1 atom stereocenters. The molecule has 3 rings (SSSR count). The molecular weight excluding hydrogens is 362 g/mol. The van der Waals surface area contributed by atoms with E-state index in [1.165, 1.54) is 14.2 Å². The number of rotatable bonds is 6. The number of methoxy groups -OCH3 is 2. The van der Waals surface area contributed by atoms with E-state index in [1.54, 1.807) is 42.5 Å². The molecular formula is C21H21NO6. The molecule has 2 aromatic rings. The van der Waals surface area contributed by atoms with Crippen LogP contribution in [0.5, 0.6) is 17.2 Å². The molecule has 0 aromatic heterocycles. The number of hydrogen-bond acceptors (Lipinski definition) is 6. The number of carbonyl (C=O) groups is 2. The predicted molar refractivity (Wildman–Crippen MR) is 103 cm³/mol. The minimum Gasteiger partial charge on any atom is -0.507 e. The molecule has 1 aliphatic heterocycles. The van der Waals surface area contributed by atoms with Crippen LogP contribution in [0.25, 0.3) is 5.76 Å². The molecule has 1 fully saturated rings. The summed E-state index contributed by atoms with van der Waals surface area (Å²) in [6.07, 6.45) is 0. The standard InChI is InChI=1S/C21H21NO6/c1-4-28-13-7-5-12(6-8-13)19(23)17-18(22-21(25)20(17)24)15-11-14(26-2)9-10-16(15)27-3/h5-11,18,23H,4H2,1-3H3,(H,22,25)/b19-17-. The third-order valence-corrected chi connectivity index (χ3v) is 4.46. The summed E-state index contributed by atoms with van der Waals surface area (Å²) in [4.78, 5) is 24.6. The average molecular weight is 383 g/mol. The van der Waals surface area contributed by atoms with Crippen LogP contribution in [-0.4, -0.2) is 37.6 Å². The first-order chi connectivity index (χ1) is 13.5. The van der Waals surface area contributed by atoms with E-state index in [4.69, 9.17) is 14.2 Å². The number of Topliss-reactive ketones (excluding diaryl/α,β-unsaturated/α-hetero) is 1. The minimum absolute atomic E-state index is 0.0410. The van der Waals surface area contributed by atoms with Gasteiger partial charge in [0.2, 0.25) is 0 Å². The summed E-state index contributed by atoms with van der Waals surface area (Å²) in [6, 6.07) is 10.8. The lowest BCUT2D eigenvalue weighted by Gasteiger charge is -2.18. The van der Waals surface area contributed by atoms with Crippen LogP contribution in [0.2, 0.25) is 0 Å². The summed E-state index contributed by atoms with van der Waals surface area (Å²) in [6.45, 7) is 2.38. The quantitative estimate of drug-likeness (QED) is 0.453. The van der Waals surface area contributed by atoms with E-state index >= 15 is 0 Å². The Morgan fingerprint density at radius 3 is 2.32 bits per heavy atom. The van der Waals surface area contributed by atoms with E-state index in [9.17, 15) is 14.7 Å². The van der Waals surface area contributed by atoms with Crippen molar-refractivity contribution in [2.24, 2.45) is 0 Å². The lowest BCUT2D eigenvalue weighted by atomic mass is 9.95. The van der Waals surface area contributed by atoms with E-state index in [2.05, 4.69) is 5.32 Å². The Labute approximate surface area is 162 Å². The molecule has 1 unspecified atom stereocenters. The molecule has 146 valence electrons. The highest BCUT2D eigenvalue weighted by Crippen LogP contribution is 2.38. The molecule has 0 spiro atoms. The average Bonchev–Trinajstić information content (AvgIpc) is 3.02. The Kier molecular flexibility index (Phi) is 5.54. The van der Waals surface area contributed by atoms with E-state index in [1.807, 2.05) is 6.92 Å². The van der Waals surface area contributed by atoms with Crippen molar-refractivity contribution in [2.75, 3.05) is 20.8 Å². The SMILES string of the molecule is CCOc1ccc(/C(O)=C2/C(=O)C(=O)NC2c2cc(OC)ccc2OC)cc1. The van der Waals surface area contributed by atoms with Crippen molar-refractivity contribution in [1.82, 2.24) is 5.32 Å². The van der Waals surface area contributed by atoms with Crippen molar-refractivity contribution < 1.29 is 28.9 Å². The van der Waals surface area contributed by atoms with Gasteiger partial charge in [-0.1, -0.05) is 0 Å². The first kappa shape index (κ1) is 19.3. The maximum atomic E-state index is 12.5. The summed E-state index contributed by atoms with van der Waals surface area (Å²) in [5.74, 6) is -0.228. The number of nitrogens with one attached hydrogen (secondary N) is 1. The smallest absolute Gasteiger partial charge is 0.293 e. The highest BCUT2D eigenvalue weighted by atomic mass is 16.5. The molecule has 1 heterocycles. The first-order valence-electron chi connectivity index (χ1n) is 8.73. The molecule has 0 radical (unpaired) electrons. The van der Waals surface area contributed by atoms with Crippen LogP contribution >= 0.6 is 0 Å². The lowest BCUT2D eigenvalue weighted by Crippen LogP contribution is -2.21. The van der Waals surface area contributed by atoms with Gasteiger partial charge in [0.1, 0.15) is 23.0 Å². The van der Waals surface area contributed by atoms with E-state index in [-0.39, 0.29) is 11.3 Å². The molecule has 0 bridgehead atoms. The van der Waals surface area contributed by atoms with Crippen LogP contribution in [0, 0.1) is 0 Å². The Balaban J connectivity index is 2.10. The molecule has 28 heavy (non-hydrogen) atoms. The molecule has 1 amide bonds. The monoisotopic (exact) mass is 383 g/mol. The van der Waals surface area contributed by atoms with Crippen molar-refractivity contribution in [1.29, 1.82) is 0 Å². The highest BCUT2D eigenvalue weighted by Gasteiger charge is 2.41. The summed E-state index contributed by atoms with van der Waals surface area (Å²) in [5, 5.41) is 13.4. The number of carbonyl (C=O) groups excluding carboxylic acids is 2. The van der Waals surface area contributed by atoms with Crippen LogP contribution in [0.15, 0.2) is 48.0 Å². The fourth-order valence-corrected chi connectivity index (χ4v) is 3.10. The number of aliphatic hydroxyl groups excluding tert-OH is 1. The van der Waals surface area contributed by atoms with Crippen LogP contribution in [0.3, 0.4) is 0 Å². The number of hydrogen-bond donors (Lipinski definition) is 2. The number of ketones is 1. The Morgan fingerprint density at radius 1 is 1.04 bits per heavy atom. The molecule has 7 nitrogen and oxygen atoms in total. The zero-order valence-electron chi connectivity index (χ0n) is 15.8. The third-order valence-electron chi connectivity index (χ3n) is 4.46. The molecule has 2 N–H and O–H groups in total. The summed E-state index contributed by atoms with van der Waals surface area (Å²) in [7, 11) is 3.00. The van der Waals surface area contributed by atoms with Crippen LogP contribution < -0.4 is 19.5 Å². The van der Waals surface area contributed by atoms with Gasteiger partial charge < -0.3 is 24.6 Å². The number of ether oxygens (including phenoxy) is 3. The van der Waals surface area contributed by atoms with Gasteiger partial charge in [-0.3, -0.25) is 9.59 Å². The van der Waals surface area contributed by atoms with Crippen molar-refractivity contribution in [2.45, 2.75) is 13.0 Å². The van der Waals surface area contributed by atoms with Gasteiger partial charge >= 0.3 is 0 Å². The van der Waals surface area contributed by atoms with E-state index in [0.29, 0.717) is 35.0 Å². The number of amides is 1. The van der Waals surface area contributed by atoms with Gasteiger partial charge in [-0.05, 0) is 49.4 Å². The normalized spacial score (nSPS) is 17.9. The molecule has 7 heteroatoms. The topological polar surface area (TPSA) is 94.1 Å². The fourth-order valence-electron chi connectivity index (χ4n) is 3.10. The van der Waals surface area contributed by atoms with Crippen LogP contribution in [0.4, 0.5) is 0 Å². The van der Waals surface area contributed by atoms with Crippen molar-refractivity contribution in [3.8, 4) is 17.2 Å². The number of aliphatic hydroxyl groups is 1. The lowest BCUT2D eigenvalue weighted by molar-refractivity contribution is -0.133. The van der Waals surface area contributed by atoms with E-state index < -0.39 is 17.7 Å². The molecule has 1 saturated heterocycles. The van der Waals surface area contributed by atoms with Crippen molar-refractivity contribution >= 4 is 17.4 Å². The van der Waals surface area contributed by atoms with Crippen molar-refractivity contribution in [3.05, 3.63) is 59.2 Å². The third kappa shape index (κ3) is 3.51. The molecule has 0 aliphatic carbocycles. The largest absolute Gasteiger partial charge is 0.507 e. The fraction of sp³-hybridized carbons (Fsp3) is 0.238. The molecule has 2 aromatic carbocycles. The Morgan fingerprint density at radius 2 is 1.71 bits per heavy atom. The second kappa shape index (κ2) is 8.04. The van der Waals surface area contributed by atoms with Gasteiger partial charge in [0, 0.05) is 11.1 Å². The van der Waals surface area contributed by atoms with Crippen molar-refractivity contribution in [3.63, 3.8) is 0 Å². The second-order valence-corrected chi connectivity index (χ2v) is 6.06. The van der Waals surface area contributed by atoms with Gasteiger partial charge in [0.15, 0.2) is 0 Å².